The van der Waals surface area contributed by atoms with Crippen LogP contribution in [0.25, 0.3) is 22.4 Å². The van der Waals surface area contributed by atoms with Crippen molar-refractivity contribution in [2.24, 2.45) is 0 Å². The molecule has 24 heavy (non-hydrogen) atoms. The van der Waals surface area contributed by atoms with Crippen LogP contribution in [0.3, 0.4) is 0 Å². The van der Waals surface area contributed by atoms with Gasteiger partial charge in [0.05, 0.1) is 23.6 Å². The number of H-pyrrole nitrogens is 1. The van der Waals surface area contributed by atoms with Gasteiger partial charge in [0.1, 0.15) is 0 Å². The van der Waals surface area contributed by atoms with E-state index in [0.717, 1.165) is 11.3 Å². The van der Waals surface area contributed by atoms with E-state index in [9.17, 15) is 0 Å². The summed E-state index contributed by atoms with van der Waals surface area (Å²) in [5, 5.41) is 0. The van der Waals surface area contributed by atoms with E-state index in [1.807, 2.05) is 6.07 Å². The molecule has 0 amide bonds. The molecule has 0 saturated heterocycles. The van der Waals surface area contributed by atoms with Gasteiger partial charge in [0.25, 0.3) is 0 Å². The number of aromatic nitrogens is 2. The Morgan fingerprint density at radius 3 is 1.92 bits per heavy atom. The lowest BCUT2D eigenvalue weighted by Crippen LogP contribution is -2.01. The summed E-state index contributed by atoms with van der Waals surface area (Å²) in [4.78, 5) is 8.04. The summed E-state index contributed by atoms with van der Waals surface area (Å²) in [5.74, 6) is 0.204. The van der Waals surface area contributed by atoms with Crippen molar-refractivity contribution in [3.8, 4) is 22.4 Å². The minimum Gasteiger partial charge on any atom is -0.347 e. The highest BCUT2D eigenvalue weighted by molar-refractivity contribution is 5.81. The molecule has 1 aliphatic rings. The smallest absolute Gasteiger partial charge is 0.0929 e. The van der Waals surface area contributed by atoms with Crippen LogP contribution in [-0.2, 0) is 0 Å². The van der Waals surface area contributed by atoms with E-state index in [0.29, 0.717) is 0 Å². The Morgan fingerprint density at radius 2 is 1.25 bits per heavy atom. The molecule has 2 heteroatoms. The second-order valence-electron chi connectivity index (χ2n) is 6.14. The fourth-order valence-electron chi connectivity index (χ4n) is 3.82. The molecule has 0 atom stereocenters. The maximum absolute atomic E-state index is 4.62. The van der Waals surface area contributed by atoms with E-state index in [1.54, 1.807) is 6.33 Å². The molecule has 0 bridgehead atoms. The summed E-state index contributed by atoms with van der Waals surface area (Å²) in [6.07, 6.45) is 1.81. The monoisotopic (exact) mass is 308 g/mol. The Balaban J connectivity index is 1.76. The van der Waals surface area contributed by atoms with E-state index < -0.39 is 0 Å². The van der Waals surface area contributed by atoms with Crippen molar-refractivity contribution >= 4 is 0 Å². The Morgan fingerprint density at radius 1 is 0.667 bits per heavy atom. The Labute approximate surface area is 140 Å². The third kappa shape index (κ3) is 1.86. The summed E-state index contributed by atoms with van der Waals surface area (Å²) in [6, 6.07) is 27.8. The third-order valence-corrected chi connectivity index (χ3v) is 4.84. The minimum atomic E-state index is 0.204. The number of hydrogen-bond acceptors (Lipinski definition) is 1. The fraction of sp³-hybridized carbons (Fsp3) is 0.0455. The van der Waals surface area contributed by atoms with E-state index in [4.69, 9.17) is 0 Å². The summed E-state index contributed by atoms with van der Waals surface area (Å²) in [6.45, 7) is 0. The third-order valence-electron chi connectivity index (χ3n) is 4.84. The van der Waals surface area contributed by atoms with Crippen molar-refractivity contribution in [2.45, 2.75) is 5.92 Å². The van der Waals surface area contributed by atoms with Crippen LogP contribution in [0.2, 0.25) is 0 Å². The first kappa shape index (κ1) is 13.3. The molecule has 114 valence electrons. The molecule has 3 aromatic carbocycles. The van der Waals surface area contributed by atoms with Gasteiger partial charge in [-0.05, 0) is 22.3 Å². The Bertz CT molecular complexity index is 969. The van der Waals surface area contributed by atoms with Gasteiger partial charge in [-0.2, -0.15) is 0 Å². The summed E-state index contributed by atoms with van der Waals surface area (Å²) in [5.41, 5.74) is 8.69. The number of aromatic amines is 1. The molecule has 0 unspecified atom stereocenters. The number of rotatable bonds is 2. The van der Waals surface area contributed by atoms with Gasteiger partial charge < -0.3 is 4.98 Å². The van der Waals surface area contributed by atoms with Gasteiger partial charge in [0.15, 0.2) is 0 Å². The van der Waals surface area contributed by atoms with Gasteiger partial charge in [0.2, 0.25) is 0 Å². The molecule has 1 N–H and O–H groups in total. The SMILES string of the molecule is c1ccc(-c2nc[nH]c2C2c3ccccc3-c3ccccc32)cc1. The quantitative estimate of drug-likeness (QED) is 0.475. The molecule has 5 rings (SSSR count). The average Bonchev–Trinajstić information content (AvgIpc) is 3.24. The van der Waals surface area contributed by atoms with Gasteiger partial charge in [-0.1, -0.05) is 78.9 Å². The maximum Gasteiger partial charge on any atom is 0.0929 e. The molecule has 0 saturated carbocycles. The molecular weight excluding hydrogens is 292 g/mol. The van der Waals surface area contributed by atoms with Gasteiger partial charge >= 0.3 is 0 Å². The van der Waals surface area contributed by atoms with Crippen LogP contribution in [0.15, 0.2) is 85.2 Å². The topological polar surface area (TPSA) is 28.7 Å². The lowest BCUT2D eigenvalue weighted by molar-refractivity contribution is 0.965. The highest BCUT2D eigenvalue weighted by atomic mass is 14.9. The van der Waals surface area contributed by atoms with Crippen molar-refractivity contribution in [3.63, 3.8) is 0 Å². The standard InChI is InChI=1S/C22H16N2/c1-2-8-15(9-3-1)21-22(24-14-23-21)20-18-12-6-4-10-16(18)17-11-5-7-13-19(17)20/h1-14,20H,(H,23,24). The van der Waals surface area contributed by atoms with Crippen LogP contribution in [0.1, 0.15) is 22.7 Å². The van der Waals surface area contributed by atoms with E-state index >= 15 is 0 Å². The van der Waals surface area contributed by atoms with Gasteiger partial charge in [-0.3, -0.25) is 0 Å². The summed E-state index contributed by atoms with van der Waals surface area (Å²) < 4.78 is 0. The van der Waals surface area contributed by atoms with Crippen LogP contribution in [0.5, 0.6) is 0 Å². The fourth-order valence-corrected chi connectivity index (χ4v) is 3.82. The number of nitrogens with one attached hydrogen (secondary N) is 1. The lowest BCUT2D eigenvalue weighted by atomic mass is 9.91. The highest BCUT2D eigenvalue weighted by Crippen LogP contribution is 2.48. The normalized spacial score (nSPS) is 12.8. The first-order valence-electron chi connectivity index (χ1n) is 8.20. The zero-order chi connectivity index (χ0) is 15.9. The number of fused-ring (bicyclic) bond motifs is 3. The zero-order valence-electron chi connectivity index (χ0n) is 13.1. The second kappa shape index (κ2) is 5.20. The van der Waals surface area contributed by atoms with Gasteiger partial charge in [-0.15, -0.1) is 0 Å². The maximum atomic E-state index is 4.62. The van der Waals surface area contributed by atoms with E-state index in [-0.39, 0.29) is 5.92 Å². The minimum absolute atomic E-state index is 0.204. The predicted molar refractivity (Wildman–Crippen MR) is 96.8 cm³/mol. The first-order chi connectivity index (χ1) is 11.9. The molecule has 4 aromatic rings. The highest BCUT2D eigenvalue weighted by Gasteiger charge is 2.32. The first-order valence-corrected chi connectivity index (χ1v) is 8.20. The molecule has 0 fully saturated rings. The van der Waals surface area contributed by atoms with Crippen molar-refractivity contribution in [1.82, 2.24) is 9.97 Å². The second-order valence-corrected chi connectivity index (χ2v) is 6.14. The summed E-state index contributed by atoms with van der Waals surface area (Å²) >= 11 is 0. The van der Waals surface area contributed by atoms with E-state index in [2.05, 4.69) is 82.8 Å². The Hall–Kier alpha value is -3.13. The Kier molecular flexibility index (Phi) is 2.89. The molecule has 2 nitrogen and oxygen atoms in total. The van der Waals surface area contributed by atoms with Crippen LogP contribution in [0, 0.1) is 0 Å². The van der Waals surface area contributed by atoms with Crippen molar-refractivity contribution < 1.29 is 0 Å². The molecule has 0 aliphatic heterocycles. The zero-order valence-corrected chi connectivity index (χ0v) is 13.1. The van der Waals surface area contributed by atoms with Crippen molar-refractivity contribution in [2.75, 3.05) is 0 Å². The number of imidazole rings is 1. The van der Waals surface area contributed by atoms with Crippen molar-refractivity contribution in [3.05, 3.63) is 102 Å². The van der Waals surface area contributed by atoms with Crippen LogP contribution < -0.4 is 0 Å². The molecule has 1 aromatic heterocycles. The van der Waals surface area contributed by atoms with E-state index in [1.165, 1.54) is 27.9 Å². The van der Waals surface area contributed by atoms with Gasteiger partial charge in [0, 0.05) is 5.56 Å². The number of hydrogen-bond donors (Lipinski definition) is 1. The lowest BCUT2D eigenvalue weighted by Gasteiger charge is -2.14. The molecule has 1 heterocycles. The average molecular weight is 308 g/mol. The molecule has 1 aliphatic carbocycles. The van der Waals surface area contributed by atoms with Crippen LogP contribution in [-0.4, -0.2) is 9.97 Å². The molecule has 0 spiro atoms. The molecule has 0 radical (unpaired) electrons. The summed E-state index contributed by atoms with van der Waals surface area (Å²) in [7, 11) is 0. The van der Waals surface area contributed by atoms with Crippen molar-refractivity contribution in [1.29, 1.82) is 0 Å². The van der Waals surface area contributed by atoms with Crippen LogP contribution in [0.4, 0.5) is 0 Å². The van der Waals surface area contributed by atoms with Gasteiger partial charge in [-0.25, -0.2) is 4.98 Å². The van der Waals surface area contributed by atoms with Crippen LogP contribution >= 0.6 is 0 Å². The largest absolute Gasteiger partial charge is 0.347 e. The molecular formula is C22H16N2. The number of nitrogens with zero attached hydrogens (tertiary/aromatic N) is 1. The number of benzene rings is 3. The predicted octanol–water partition coefficient (Wildman–Crippen LogP) is 5.24.